The van der Waals surface area contributed by atoms with Crippen LogP contribution in [0.1, 0.15) is 5.56 Å². The molecule has 156 valence electrons. The van der Waals surface area contributed by atoms with Crippen molar-refractivity contribution in [3.05, 3.63) is 115 Å². The zero-order valence-corrected chi connectivity index (χ0v) is 18.2. The topological polar surface area (TPSA) is 18.1 Å². The van der Waals surface area contributed by atoms with Crippen molar-refractivity contribution < 1.29 is 4.42 Å². The molecule has 0 unspecified atom stereocenters. The van der Waals surface area contributed by atoms with Gasteiger partial charge in [0, 0.05) is 27.2 Å². The van der Waals surface area contributed by atoms with Crippen molar-refractivity contribution in [2.24, 2.45) is 0 Å². The fourth-order valence-corrected chi connectivity index (χ4v) is 5.12. The largest absolute Gasteiger partial charge is 0.456 e. The molecule has 0 aliphatic rings. The molecule has 0 fully saturated rings. The number of fused-ring (bicyclic) bond motifs is 6. The molecule has 2 heteroatoms. The van der Waals surface area contributed by atoms with Gasteiger partial charge in [0.2, 0.25) is 0 Å². The number of hydrogen-bond acceptors (Lipinski definition) is 1. The van der Waals surface area contributed by atoms with Gasteiger partial charge in [-0.2, -0.15) is 0 Å². The van der Waals surface area contributed by atoms with E-state index in [2.05, 4.69) is 121 Å². The minimum absolute atomic E-state index is 0.933. The Morgan fingerprint density at radius 3 is 2.18 bits per heavy atom. The van der Waals surface area contributed by atoms with E-state index in [0.717, 1.165) is 16.6 Å². The number of benzene rings is 5. The molecular weight excluding hydrogens is 402 g/mol. The van der Waals surface area contributed by atoms with Gasteiger partial charge in [0.05, 0.1) is 11.0 Å². The molecule has 0 bridgehead atoms. The van der Waals surface area contributed by atoms with Crippen LogP contribution in [-0.2, 0) is 0 Å². The lowest BCUT2D eigenvalue weighted by Gasteiger charge is -2.09. The molecule has 0 spiro atoms. The number of aromatic nitrogens is 1. The third-order valence-electron chi connectivity index (χ3n) is 6.72. The first-order valence-electron chi connectivity index (χ1n) is 11.3. The highest BCUT2D eigenvalue weighted by Gasteiger charge is 2.14. The lowest BCUT2D eigenvalue weighted by molar-refractivity contribution is 0.666. The predicted molar refractivity (Wildman–Crippen MR) is 138 cm³/mol. The quantitative estimate of drug-likeness (QED) is 0.272. The molecule has 0 saturated carbocycles. The standard InChI is InChI=1S/C31H21NO/c1-20-8-7-12-26-27-18-21(15-17-30(27)33-31(20)26)22-14-16-25-24-11-5-6-13-28(24)32(29(25)19-22)23-9-3-2-4-10-23/h2-19H,1H3. The van der Waals surface area contributed by atoms with Gasteiger partial charge in [0.25, 0.3) is 0 Å². The maximum absolute atomic E-state index is 6.16. The Kier molecular flexibility index (Phi) is 3.80. The minimum Gasteiger partial charge on any atom is -0.456 e. The van der Waals surface area contributed by atoms with E-state index in [9.17, 15) is 0 Å². The summed E-state index contributed by atoms with van der Waals surface area (Å²) in [6.45, 7) is 2.10. The van der Waals surface area contributed by atoms with Gasteiger partial charge in [-0.05, 0) is 60.0 Å². The van der Waals surface area contributed by atoms with Crippen LogP contribution in [0, 0.1) is 6.92 Å². The van der Waals surface area contributed by atoms with E-state index < -0.39 is 0 Å². The Labute approximate surface area is 191 Å². The number of rotatable bonds is 2. The van der Waals surface area contributed by atoms with Crippen LogP contribution in [0.5, 0.6) is 0 Å². The van der Waals surface area contributed by atoms with Crippen LogP contribution in [0.25, 0.3) is 60.6 Å². The second-order valence-electron chi connectivity index (χ2n) is 8.68. The fourth-order valence-electron chi connectivity index (χ4n) is 5.12. The summed E-state index contributed by atoms with van der Waals surface area (Å²) in [6, 6.07) is 38.9. The third-order valence-corrected chi connectivity index (χ3v) is 6.72. The molecule has 0 radical (unpaired) electrons. The molecule has 0 saturated heterocycles. The van der Waals surface area contributed by atoms with Crippen LogP contribution >= 0.6 is 0 Å². The van der Waals surface area contributed by atoms with Crippen molar-refractivity contribution in [3.63, 3.8) is 0 Å². The van der Waals surface area contributed by atoms with E-state index in [1.165, 1.54) is 49.6 Å². The van der Waals surface area contributed by atoms with Crippen LogP contribution in [-0.4, -0.2) is 4.57 Å². The molecular formula is C31H21NO. The zero-order valence-electron chi connectivity index (χ0n) is 18.2. The Morgan fingerprint density at radius 1 is 0.545 bits per heavy atom. The van der Waals surface area contributed by atoms with Crippen LogP contribution in [0.3, 0.4) is 0 Å². The van der Waals surface area contributed by atoms with Gasteiger partial charge < -0.3 is 8.98 Å². The van der Waals surface area contributed by atoms with Crippen LogP contribution in [0.15, 0.2) is 114 Å². The van der Waals surface area contributed by atoms with Crippen molar-refractivity contribution in [3.8, 4) is 16.8 Å². The summed E-state index contributed by atoms with van der Waals surface area (Å²) >= 11 is 0. The van der Waals surface area contributed by atoms with Crippen LogP contribution < -0.4 is 0 Å². The second kappa shape index (κ2) is 6.85. The van der Waals surface area contributed by atoms with Gasteiger partial charge in [-0.25, -0.2) is 0 Å². The minimum atomic E-state index is 0.933. The molecule has 7 aromatic rings. The number of nitrogens with zero attached hydrogens (tertiary/aromatic N) is 1. The maximum Gasteiger partial charge on any atom is 0.138 e. The van der Waals surface area contributed by atoms with Crippen LogP contribution in [0.2, 0.25) is 0 Å². The number of para-hydroxylation sites is 3. The smallest absolute Gasteiger partial charge is 0.138 e. The Morgan fingerprint density at radius 2 is 1.27 bits per heavy atom. The average molecular weight is 424 g/mol. The number of hydrogen-bond donors (Lipinski definition) is 0. The van der Waals surface area contributed by atoms with E-state index in [4.69, 9.17) is 4.42 Å². The van der Waals surface area contributed by atoms with Crippen molar-refractivity contribution in [2.45, 2.75) is 6.92 Å². The fraction of sp³-hybridized carbons (Fsp3) is 0.0323. The van der Waals surface area contributed by atoms with E-state index in [0.29, 0.717) is 0 Å². The molecule has 2 nitrogen and oxygen atoms in total. The van der Waals surface area contributed by atoms with Gasteiger partial charge in [0.1, 0.15) is 11.2 Å². The highest BCUT2D eigenvalue weighted by molar-refractivity contribution is 6.11. The Bertz CT molecular complexity index is 1820. The van der Waals surface area contributed by atoms with Crippen molar-refractivity contribution in [1.82, 2.24) is 4.57 Å². The normalized spacial score (nSPS) is 11.8. The zero-order chi connectivity index (χ0) is 21.9. The summed E-state index contributed by atoms with van der Waals surface area (Å²) in [5.41, 5.74) is 9.08. The molecule has 0 aliphatic heterocycles. The summed E-state index contributed by atoms with van der Waals surface area (Å²) in [5, 5.41) is 4.87. The van der Waals surface area contributed by atoms with Crippen molar-refractivity contribution in [1.29, 1.82) is 0 Å². The average Bonchev–Trinajstić information content (AvgIpc) is 3.40. The first kappa shape index (κ1) is 18.3. The van der Waals surface area contributed by atoms with Crippen molar-refractivity contribution >= 4 is 43.7 Å². The number of aryl methyl sites for hydroxylation is 1. The summed E-state index contributed by atoms with van der Waals surface area (Å²) in [7, 11) is 0. The first-order chi connectivity index (χ1) is 16.3. The molecule has 0 atom stereocenters. The van der Waals surface area contributed by atoms with Gasteiger partial charge in [-0.3, -0.25) is 0 Å². The summed E-state index contributed by atoms with van der Waals surface area (Å²) < 4.78 is 8.52. The van der Waals surface area contributed by atoms with E-state index in [1.807, 2.05) is 0 Å². The summed E-state index contributed by atoms with van der Waals surface area (Å²) in [5.74, 6) is 0. The SMILES string of the molecule is Cc1cccc2c1oc1ccc(-c3ccc4c5ccccc5n(-c5ccccc5)c4c3)cc12. The number of furan rings is 1. The monoisotopic (exact) mass is 423 g/mol. The molecule has 2 heterocycles. The third kappa shape index (κ3) is 2.68. The lowest BCUT2D eigenvalue weighted by Crippen LogP contribution is -1.93. The van der Waals surface area contributed by atoms with E-state index >= 15 is 0 Å². The molecule has 5 aromatic carbocycles. The van der Waals surface area contributed by atoms with Gasteiger partial charge in [-0.15, -0.1) is 0 Å². The molecule has 7 rings (SSSR count). The van der Waals surface area contributed by atoms with Gasteiger partial charge in [-0.1, -0.05) is 72.8 Å². The van der Waals surface area contributed by atoms with E-state index in [-0.39, 0.29) is 0 Å². The van der Waals surface area contributed by atoms with Crippen LogP contribution in [0.4, 0.5) is 0 Å². The van der Waals surface area contributed by atoms with Crippen molar-refractivity contribution in [2.75, 3.05) is 0 Å². The Hall–Kier alpha value is -4.30. The summed E-state index contributed by atoms with van der Waals surface area (Å²) in [4.78, 5) is 0. The Balaban J connectivity index is 1.50. The lowest BCUT2D eigenvalue weighted by atomic mass is 10.0. The predicted octanol–water partition coefficient (Wildman–Crippen LogP) is 8.66. The molecule has 33 heavy (non-hydrogen) atoms. The van der Waals surface area contributed by atoms with Gasteiger partial charge in [0.15, 0.2) is 0 Å². The van der Waals surface area contributed by atoms with E-state index in [1.54, 1.807) is 0 Å². The first-order valence-corrected chi connectivity index (χ1v) is 11.3. The highest BCUT2D eigenvalue weighted by atomic mass is 16.3. The summed E-state index contributed by atoms with van der Waals surface area (Å²) in [6.07, 6.45) is 0. The molecule has 0 aliphatic carbocycles. The van der Waals surface area contributed by atoms with Gasteiger partial charge >= 0.3 is 0 Å². The second-order valence-corrected chi connectivity index (χ2v) is 8.68. The highest BCUT2D eigenvalue weighted by Crippen LogP contribution is 2.37. The molecule has 0 amide bonds. The molecule has 2 aromatic heterocycles. The molecule has 0 N–H and O–H groups in total. The maximum atomic E-state index is 6.16.